The van der Waals surface area contributed by atoms with Crippen molar-refractivity contribution in [3.8, 4) is 0 Å². The third-order valence-electron chi connectivity index (χ3n) is 2.14. The fourth-order valence-electron chi connectivity index (χ4n) is 1.38. The average Bonchev–Trinajstić information content (AvgIpc) is 2.27. The Balaban J connectivity index is 3.10. The molecule has 2 rings (SSSR count). The molecule has 0 saturated carbocycles. The summed E-state index contributed by atoms with van der Waals surface area (Å²) < 4.78 is 8.31. The molecule has 0 amide bonds. The fraction of sp³-hybridized carbons (Fsp3) is 0.111. The molecule has 2 aromatic rings. The molecule has 0 spiro atoms. The minimum Gasteiger partial charge on any atom is -0.421 e. The van der Waals surface area contributed by atoms with E-state index in [0.717, 1.165) is 0 Å². The van der Waals surface area contributed by atoms with Crippen LogP contribution in [-0.4, -0.2) is 14.5 Å². The van der Waals surface area contributed by atoms with Crippen LogP contribution in [0.15, 0.2) is 33.9 Å². The number of nitrogens with zero attached hydrogens (tertiary/aromatic N) is 2. The van der Waals surface area contributed by atoms with Crippen molar-refractivity contribution in [2.24, 2.45) is 7.05 Å². The highest BCUT2D eigenvalue weighted by Gasteiger charge is 2.07. The Bertz CT molecular complexity index is 629. The van der Waals surface area contributed by atoms with E-state index in [9.17, 15) is 9.59 Å². The molecule has 0 aliphatic heterocycles. The van der Waals surface area contributed by atoms with Crippen LogP contribution in [0.2, 0.25) is 1.43 Å². The van der Waals surface area contributed by atoms with Gasteiger partial charge in [-0.05, 0) is 12.1 Å². The Kier molecular flexibility index (Phi) is 1.44. The molecule has 0 unspecified atom stereocenters. The second-order valence-electron chi connectivity index (χ2n) is 2.96. The molecular formula is C9H8N2O3. The standard InChI is InChI=1S/C9H8N2O3/c1-10-7-5-3-2-4-6(7)8(12)11(14)9(10)13/h2-5,14H,1H3/i14D. The summed E-state index contributed by atoms with van der Waals surface area (Å²) in [6.07, 6.45) is 0. The molecule has 14 heavy (non-hydrogen) atoms. The van der Waals surface area contributed by atoms with Crippen LogP contribution in [0.3, 0.4) is 0 Å². The Morgan fingerprint density at radius 3 is 2.79 bits per heavy atom. The number of hydrogen-bond acceptors (Lipinski definition) is 3. The van der Waals surface area contributed by atoms with Crippen LogP contribution < -0.4 is 11.2 Å². The highest BCUT2D eigenvalue weighted by molar-refractivity contribution is 5.77. The van der Waals surface area contributed by atoms with Crippen molar-refractivity contribution < 1.29 is 6.64 Å². The molecule has 0 aliphatic carbocycles. The number of benzene rings is 1. The largest absolute Gasteiger partial charge is 0.421 e. The summed E-state index contributed by atoms with van der Waals surface area (Å²) in [6, 6.07) is 6.65. The quantitative estimate of drug-likeness (QED) is 0.645. The van der Waals surface area contributed by atoms with E-state index in [1.165, 1.54) is 11.6 Å². The lowest BCUT2D eigenvalue weighted by Gasteiger charge is -2.04. The van der Waals surface area contributed by atoms with E-state index in [2.05, 4.69) is 5.21 Å². The maximum atomic E-state index is 11.6. The van der Waals surface area contributed by atoms with Crippen molar-refractivity contribution >= 4 is 10.9 Å². The summed E-state index contributed by atoms with van der Waals surface area (Å²) in [7, 11) is 1.51. The molecule has 0 aliphatic rings. The topological polar surface area (TPSA) is 64.2 Å². The van der Waals surface area contributed by atoms with E-state index in [1.807, 2.05) is 0 Å². The summed E-state index contributed by atoms with van der Waals surface area (Å²) in [6.45, 7) is 0. The van der Waals surface area contributed by atoms with Gasteiger partial charge >= 0.3 is 7.12 Å². The lowest BCUT2D eigenvalue weighted by atomic mass is 10.2. The van der Waals surface area contributed by atoms with Crippen molar-refractivity contribution in [3.05, 3.63) is 45.1 Å². The zero-order valence-corrected chi connectivity index (χ0v) is 7.43. The van der Waals surface area contributed by atoms with Gasteiger partial charge in [-0.2, -0.15) is 0 Å². The van der Waals surface area contributed by atoms with Crippen molar-refractivity contribution in [1.82, 2.24) is 9.30 Å². The van der Waals surface area contributed by atoms with Crippen LogP contribution in [0.5, 0.6) is 0 Å². The van der Waals surface area contributed by atoms with Crippen LogP contribution in [0.1, 0.15) is 0 Å². The molecule has 0 atom stereocenters. The Labute approximate surface area is 79.9 Å². The predicted octanol–water partition coefficient (Wildman–Crippen LogP) is -0.0625. The Morgan fingerprint density at radius 2 is 2.07 bits per heavy atom. The first-order valence-electron chi connectivity index (χ1n) is 4.42. The van der Waals surface area contributed by atoms with E-state index in [1.54, 1.807) is 24.3 Å². The monoisotopic (exact) mass is 193 g/mol. The summed E-state index contributed by atoms with van der Waals surface area (Å²) in [5.41, 5.74) is -0.779. The summed E-state index contributed by atoms with van der Waals surface area (Å²) >= 11 is 0. The lowest BCUT2D eigenvalue weighted by molar-refractivity contribution is 0.158. The average molecular weight is 193 g/mol. The zero-order valence-electron chi connectivity index (χ0n) is 8.43. The van der Waals surface area contributed by atoms with Crippen LogP contribution >= 0.6 is 0 Å². The Hall–Kier alpha value is -2.04. The first-order chi connectivity index (χ1) is 7.16. The summed E-state index contributed by atoms with van der Waals surface area (Å²) in [5.74, 6) is 0. The molecular weight excluding hydrogens is 184 g/mol. The molecule has 0 fully saturated rings. The summed E-state index contributed by atoms with van der Waals surface area (Å²) in [4.78, 5) is 23.2. The van der Waals surface area contributed by atoms with Gasteiger partial charge in [-0.15, -0.1) is 0 Å². The predicted molar refractivity (Wildman–Crippen MR) is 50.6 cm³/mol. The normalized spacial score (nSPS) is 11.4. The zero-order chi connectivity index (χ0) is 11.0. The van der Waals surface area contributed by atoms with Crippen molar-refractivity contribution in [3.63, 3.8) is 0 Å². The van der Waals surface area contributed by atoms with Gasteiger partial charge in [0, 0.05) is 7.05 Å². The van der Waals surface area contributed by atoms with Gasteiger partial charge in [0.2, 0.25) is 0 Å². The number of fused-ring (bicyclic) bond motifs is 1. The molecule has 72 valence electrons. The minimum absolute atomic E-state index is 0.340. The molecule has 0 bridgehead atoms. The van der Waals surface area contributed by atoms with Gasteiger partial charge in [-0.3, -0.25) is 9.36 Å². The lowest BCUT2D eigenvalue weighted by Crippen LogP contribution is -2.37. The van der Waals surface area contributed by atoms with Crippen LogP contribution in [-0.2, 0) is 7.05 Å². The van der Waals surface area contributed by atoms with Gasteiger partial charge in [-0.1, -0.05) is 16.9 Å². The number of hydrogen-bond donors (Lipinski definition) is 1. The highest BCUT2D eigenvalue weighted by Crippen LogP contribution is 2.04. The van der Waals surface area contributed by atoms with E-state index in [-0.39, 0.29) is 0 Å². The molecule has 5 nitrogen and oxygen atoms in total. The van der Waals surface area contributed by atoms with E-state index >= 15 is 0 Å². The molecule has 0 saturated heterocycles. The Morgan fingerprint density at radius 1 is 1.36 bits per heavy atom. The fourth-order valence-corrected chi connectivity index (χ4v) is 1.38. The third kappa shape index (κ3) is 0.953. The molecule has 1 heterocycles. The molecule has 1 N–H and O–H groups in total. The van der Waals surface area contributed by atoms with Gasteiger partial charge in [0.1, 0.15) is 0 Å². The molecule has 1 aromatic heterocycles. The van der Waals surface area contributed by atoms with Crippen molar-refractivity contribution in [1.29, 1.82) is 0 Å². The van der Waals surface area contributed by atoms with Crippen LogP contribution in [0.4, 0.5) is 0 Å². The second kappa shape index (κ2) is 2.73. The molecule has 1 aromatic carbocycles. The van der Waals surface area contributed by atoms with Crippen LogP contribution in [0, 0.1) is 0 Å². The van der Waals surface area contributed by atoms with Crippen molar-refractivity contribution in [2.75, 3.05) is 0 Å². The maximum absolute atomic E-state index is 11.6. The number of para-hydroxylation sites is 1. The third-order valence-corrected chi connectivity index (χ3v) is 2.14. The first kappa shape index (κ1) is 7.37. The first-order valence-corrected chi connectivity index (χ1v) is 4.01. The second-order valence-corrected chi connectivity index (χ2v) is 2.96. The van der Waals surface area contributed by atoms with Gasteiger partial charge in [0.25, 0.3) is 5.56 Å². The number of rotatable bonds is 1. The minimum atomic E-state index is -0.672. The van der Waals surface area contributed by atoms with Gasteiger partial charge < -0.3 is 5.21 Å². The van der Waals surface area contributed by atoms with Crippen molar-refractivity contribution in [2.45, 2.75) is 0 Å². The SMILES string of the molecule is [2H]On1c(=O)c2ccccc2n(C)c1=O. The molecule has 0 radical (unpaired) electrons. The summed E-state index contributed by atoms with van der Waals surface area (Å²) in [5, 5.41) is 4.33. The number of aromatic nitrogens is 2. The van der Waals surface area contributed by atoms with E-state index < -0.39 is 11.2 Å². The van der Waals surface area contributed by atoms with Gasteiger partial charge in [0.15, 0.2) is 0 Å². The number of aryl methyl sites for hydroxylation is 1. The van der Waals surface area contributed by atoms with Gasteiger partial charge in [-0.25, -0.2) is 4.79 Å². The van der Waals surface area contributed by atoms with Gasteiger partial charge in [0.05, 0.1) is 10.9 Å². The van der Waals surface area contributed by atoms with Crippen LogP contribution in [0.25, 0.3) is 10.9 Å². The van der Waals surface area contributed by atoms with E-state index in [0.29, 0.717) is 15.6 Å². The van der Waals surface area contributed by atoms with E-state index in [4.69, 9.17) is 1.43 Å². The smallest absolute Gasteiger partial charge is 0.364 e. The highest BCUT2D eigenvalue weighted by atomic mass is 16.5. The molecule has 5 heteroatoms. The maximum Gasteiger partial charge on any atom is 0.364 e.